The first kappa shape index (κ1) is 24.2. The van der Waals surface area contributed by atoms with Crippen LogP contribution in [-0.2, 0) is 4.79 Å². The number of nitrogens with one attached hydrogen (secondary N) is 3. The monoisotopic (exact) mass is 532 g/mol. The highest BCUT2D eigenvalue weighted by Gasteiger charge is 2.28. The van der Waals surface area contributed by atoms with Crippen LogP contribution in [0.2, 0.25) is 0 Å². The van der Waals surface area contributed by atoms with Crippen LogP contribution in [0.5, 0.6) is 0 Å². The Labute approximate surface area is 193 Å². The number of nitrogens with zero attached hydrogens (tertiary/aromatic N) is 3. The second-order valence-corrected chi connectivity index (χ2v) is 7.35. The molecule has 3 N–H and O–H groups in total. The van der Waals surface area contributed by atoms with Crippen molar-refractivity contribution in [2.75, 3.05) is 44.2 Å². The Kier molecular flexibility index (Phi) is 9.12. The van der Waals surface area contributed by atoms with Crippen molar-refractivity contribution < 1.29 is 14.0 Å². The third-order valence-corrected chi connectivity index (χ3v) is 5.08. The average molecular weight is 532 g/mol. The number of hydrogen-bond acceptors (Lipinski definition) is 4. The summed E-state index contributed by atoms with van der Waals surface area (Å²) in [4.78, 5) is 31.0. The first-order valence-electron chi connectivity index (χ1n) is 10.1. The molecule has 2 fully saturated rings. The molecule has 0 aromatic heterocycles. The van der Waals surface area contributed by atoms with Crippen molar-refractivity contribution >= 4 is 47.6 Å². The van der Waals surface area contributed by atoms with Crippen LogP contribution in [0.4, 0.5) is 14.9 Å². The van der Waals surface area contributed by atoms with Crippen molar-refractivity contribution in [2.45, 2.75) is 32.7 Å². The van der Waals surface area contributed by atoms with Gasteiger partial charge < -0.3 is 20.9 Å². The van der Waals surface area contributed by atoms with Gasteiger partial charge in [0.15, 0.2) is 5.96 Å². The van der Waals surface area contributed by atoms with Gasteiger partial charge in [0.1, 0.15) is 5.82 Å². The van der Waals surface area contributed by atoms with E-state index in [9.17, 15) is 14.0 Å². The lowest BCUT2D eigenvalue weighted by atomic mass is 10.0. The third-order valence-electron chi connectivity index (χ3n) is 5.08. The summed E-state index contributed by atoms with van der Waals surface area (Å²) in [7, 11) is 0. The number of piperidine rings is 1. The number of carbonyl (C=O) groups excluding carboxylic acids is 2. The van der Waals surface area contributed by atoms with Gasteiger partial charge in [-0.1, -0.05) is 6.07 Å². The number of imide groups is 1. The topological polar surface area (TPSA) is 89.1 Å². The summed E-state index contributed by atoms with van der Waals surface area (Å²) in [5.74, 6) is 0.202. The number of benzene rings is 1. The van der Waals surface area contributed by atoms with Gasteiger partial charge in [-0.2, -0.15) is 0 Å². The van der Waals surface area contributed by atoms with Gasteiger partial charge >= 0.3 is 6.03 Å². The summed E-state index contributed by atoms with van der Waals surface area (Å²) in [6, 6.07) is 4.93. The lowest BCUT2D eigenvalue weighted by molar-refractivity contribution is -0.124. The molecule has 3 amide bonds. The van der Waals surface area contributed by atoms with E-state index >= 15 is 0 Å². The summed E-state index contributed by atoms with van der Waals surface area (Å²) >= 11 is 0. The van der Waals surface area contributed by atoms with Gasteiger partial charge in [0.2, 0.25) is 5.91 Å². The minimum absolute atomic E-state index is 0. The number of urea groups is 1. The number of amides is 3. The first-order chi connectivity index (χ1) is 14.0. The SMILES string of the molecule is CCNC(=NCCN1C(=O)CNC1=O)NC1CCCN(c2cc(C)ccc2F)C1.I. The number of hydrogen-bond donors (Lipinski definition) is 3. The van der Waals surface area contributed by atoms with Gasteiger partial charge in [-0.3, -0.25) is 14.7 Å². The average Bonchev–Trinajstić information content (AvgIpc) is 3.02. The quantitative estimate of drug-likeness (QED) is 0.225. The van der Waals surface area contributed by atoms with Crippen LogP contribution < -0.4 is 20.9 Å². The smallest absolute Gasteiger partial charge is 0.324 e. The fraction of sp³-hybridized carbons (Fsp3) is 0.550. The van der Waals surface area contributed by atoms with E-state index in [0.717, 1.165) is 24.9 Å². The zero-order valence-electron chi connectivity index (χ0n) is 17.4. The van der Waals surface area contributed by atoms with Crippen LogP contribution in [0.25, 0.3) is 0 Å². The molecule has 0 aliphatic carbocycles. The number of halogens is 2. The maximum absolute atomic E-state index is 14.3. The van der Waals surface area contributed by atoms with E-state index in [1.807, 2.05) is 19.9 Å². The van der Waals surface area contributed by atoms with Crippen LogP contribution >= 0.6 is 24.0 Å². The zero-order valence-corrected chi connectivity index (χ0v) is 19.7. The predicted molar refractivity (Wildman–Crippen MR) is 126 cm³/mol. The van der Waals surface area contributed by atoms with Crippen molar-refractivity contribution in [1.29, 1.82) is 0 Å². The van der Waals surface area contributed by atoms with Gasteiger partial charge in [0.25, 0.3) is 0 Å². The van der Waals surface area contributed by atoms with Crippen molar-refractivity contribution in [1.82, 2.24) is 20.9 Å². The lowest BCUT2D eigenvalue weighted by Gasteiger charge is -2.35. The molecule has 1 unspecified atom stereocenters. The molecule has 2 saturated heterocycles. The van der Waals surface area contributed by atoms with Crippen LogP contribution in [-0.4, -0.2) is 68.1 Å². The Hall–Kier alpha value is -2.11. The van der Waals surface area contributed by atoms with E-state index in [2.05, 4.69) is 25.8 Å². The molecule has 1 aromatic carbocycles. The van der Waals surface area contributed by atoms with E-state index in [1.165, 1.54) is 11.0 Å². The van der Waals surface area contributed by atoms with Gasteiger partial charge in [0.05, 0.1) is 25.3 Å². The Morgan fingerprint density at radius 3 is 2.87 bits per heavy atom. The molecular formula is C20H30FIN6O2. The Bertz CT molecular complexity index is 775. The highest BCUT2D eigenvalue weighted by Crippen LogP contribution is 2.24. The number of rotatable bonds is 6. The molecular weight excluding hydrogens is 502 g/mol. The summed E-state index contributed by atoms with van der Waals surface area (Å²) in [6.07, 6.45) is 1.91. The van der Waals surface area contributed by atoms with E-state index in [1.54, 1.807) is 6.07 Å². The number of aryl methyl sites for hydroxylation is 1. The standard InChI is InChI=1S/C20H29FN6O2.HI/c1-3-22-19(23-8-10-27-18(28)12-24-20(27)29)25-15-5-4-9-26(13-15)17-11-14(2)6-7-16(17)21;/h6-7,11,15H,3-5,8-10,12-13H2,1-2H3,(H,24,29)(H2,22,23,25);1H. The molecule has 30 heavy (non-hydrogen) atoms. The lowest BCUT2D eigenvalue weighted by Crippen LogP contribution is -2.51. The molecule has 1 aromatic rings. The molecule has 2 aliphatic heterocycles. The van der Waals surface area contributed by atoms with E-state index in [0.29, 0.717) is 31.3 Å². The molecule has 2 heterocycles. The summed E-state index contributed by atoms with van der Waals surface area (Å²) in [5, 5.41) is 9.10. The van der Waals surface area contributed by atoms with E-state index in [4.69, 9.17) is 0 Å². The minimum Gasteiger partial charge on any atom is -0.367 e. The molecule has 1 atom stereocenters. The molecule has 8 nitrogen and oxygen atoms in total. The normalized spacial score (nSPS) is 19.4. The van der Waals surface area contributed by atoms with Crippen molar-refractivity contribution in [3.8, 4) is 0 Å². The molecule has 3 rings (SSSR count). The fourth-order valence-electron chi connectivity index (χ4n) is 3.64. The molecule has 0 radical (unpaired) electrons. The molecule has 166 valence electrons. The molecule has 0 saturated carbocycles. The second kappa shape index (κ2) is 11.3. The van der Waals surface area contributed by atoms with Gasteiger partial charge in [0, 0.05) is 25.7 Å². The first-order valence-corrected chi connectivity index (χ1v) is 10.1. The largest absolute Gasteiger partial charge is 0.367 e. The van der Waals surface area contributed by atoms with E-state index in [-0.39, 0.29) is 60.9 Å². The second-order valence-electron chi connectivity index (χ2n) is 7.35. The number of aliphatic imine (C=N–C) groups is 1. The van der Waals surface area contributed by atoms with Gasteiger partial charge in [-0.25, -0.2) is 9.18 Å². The highest BCUT2D eigenvalue weighted by atomic mass is 127. The van der Waals surface area contributed by atoms with Crippen LogP contribution in [0, 0.1) is 12.7 Å². The molecule has 2 aliphatic rings. The fourth-order valence-corrected chi connectivity index (χ4v) is 3.64. The number of carbonyl (C=O) groups is 2. The Balaban J connectivity index is 0.00000320. The Morgan fingerprint density at radius 2 is 2.17 bits per heavy atom. The molecule has 0 spiro atoms. The number of anilines is 1. The van der Waals surface area contributed by atoms with Crippen LogP contribution in [0.1, 0.15) is 25.3 Å². The van der Waals surface area contributed by atoms with Gasteiger partial charge in [-0.05, 0) is 44.4 Å². The van der Waals surface area contributed by atoms with Crippen molar-refractivity contribution in [3.05, 3.63) is 29.6 Å². The molecule has 0 bridgehead atoms. The highest BCUT2D eigenvalue weighted by molar-refractivity contribution is 14.0. The summed E-state index contributed by atoms with van der Waals surface area (Å²) in [5.41, 5.74) is 1.67. The van der Waals surface area contributed by atoms with Crippen molar-refractivity contribution in [3.63, 3.8) is 0 Å². The van der Waals surface area contributed by atoms with Crippen molar-refractivity contribution in [2.24, 2.45) is 4.99 Å². The van der Waals surface area contributed by atoms with Crippen LogP contribution in [0.3, 0.4) is 0 Å². The number of guanidine groups is 1. The van der Waals surface area contributed by atoms with Crippen LogP contribution in [0.15, 0.2) is 23.2 Å². The molecule has 10 heteroatoms. The maximum atomic E-state index is 14.3. The Morgan fingerprint density at radius 1 is 1.37 bits per heavy atom. The minimum atomic E-state index is -0.369. The van der Waals surface area contributed by atoms with E-state index < -0.39 is 0 Å². The van der Waals surface area contributed by atoms with Gasteiger partial charge in [-0.15, -0.1) is 24.0 Å². The zero-order chi connectivity index (χ0) is 20.8. The summed E-state index contributed by atoms with van der Waals surface area (Å²) < 4.78 is 14.3. The predicted octanol–water partition coefficient (Wildman–Crippen LogP) is 1.83. The summed E-state index contributed by atoms with van der Waals surface area (Å²) in [6.45, 7) is 6.74. The maximum Gasteiger partial charge on any atom is 0.324 e. The third kappa shape index (κ3) is 6.19.